The molecule has 1 saturated heterocycles. The van der Waals surface area contributed by atoms with Crippen molar-refractivity contribution in [2.24, 2.45) is 21.4 Å². The molecule has 7 rings (SSSR count). The number of amides is 3. The fourth-order valence-electron chi connectivity index (χ4n) is 6.56. The molecular formula is C33H30N6O4. The number of imide groups is 1. The largest absolute Gasteiger partial charge is 0.495 e. The molecule has 1 aliphatic carbocycles. The van der Waals surface area contributed by atoms with Crippen LogP contribution in [0.3, 0.4) is 0 Å². The van der Waals surface area contributed by atoms with E-state index in [2.05, 4.69) is 28.5 Å². The predicted octanol–water partition coefficient (Wildman–Crippen LogP) is 4.81. The molecule has 3 heterocycles. The van der Waals surface area contributed by atoms with Gasteiger partial charge in [0.2, 0.25) is 0 Å². The summed E-state index contributed by atoms with van der Waals surface area (Å²) >= 11 is 0. The molecule has 0 spiro atoms. The van der Waals surface area contributed by atoms with E-state index in [4.69, 9.17) is 9.84 Å². The monoisotopic (exact) mass is 574 g/mol. The van der Waals surface area contributed by atoms with Gasteiger partial charge in [-0.3, -0.25) is 19.4 Å². The molecule has 4 unspecified atom stereocenters. The van der Waals surface area contributed by atoms with E-state index in [1.807, 2.05) is 48.5 Å². The van der Waals surface area contributed by atoms with Crippen molar-refractivity contribution in [3.05, 3.63) is 102 Å². The first-order chi connectivity index (χ1) is 21.0. The molecule has 3 amide bonds. The van der Waals surface area contributed by atoms with Crippen molar-refractivity contribution in [2.75, 3.05) is 18.6 Å². The molecule has 0 bridgehead atoms. The molecule has 0 N–H and O–H groups in total. The van der Waals surface area contributed by atoms with Crippen molar-refractivity contribution in [3.63, 3.8) is 0 Å². The van der Waals surface area contributed by atoms with Crippen molar-refractivity contribution in [1.29, 1.82) is 0 Å². The Morgan fingerprint density at radius 1 is 0.930 bits per heavy atom. The summed E-state index contributed by atoms with van der Waals surface area (Å²) in [6.45, 7) is -0.242. The zero-order valence-electron chi connectivity index (χ0n) is 23.6. The van der Waals surface area contributed by atoms with Gasteiger partial charge in [0.1, 0.15) is 12.3 Å². The van der Waals surface area contributed by atoms with Gasteiger partial charge in [0.25, 0.3) is 17.7 Å². The minimum Gasteiger partial charge on any atom is -0.495 e. The number of rotatable bonds is 6. The van der Waals surface area contributed by atoms with E-state index in [0.29, 0.717) is 11.4 Å². The molecule has 2 fully saturated rings. The third-order valence-electron chi connectivity index (χ3n) is 8.52. The lowest BCUT2D eigenvalue weighted by Crippen LogP contribution is -2.45. The van der Waals surface area contributed by atoms with Crippen LogP contribution in [0.15, 0.2) is 106 Å². The number of carbonyl (C=O) groups excluding carboxylic acids is 3. The molecule has 4 atom stereocenters. The lowest BCUT2D eigenvalue weighted by Gasteiger charge is -2.30. The topological polar surface area (TPSA) is 107 Å². The van der Waals surface area contributed by atoms with Gasteiger partial charge in [0.05, 0.1) is 24.6 Å². The summed E-state index contributed by atoms with van der Waals surface area (Å²) in [5.74, 6) is -0.872. The smallest absolute Gasteiger partial charge is 0.264 e. The maximum atomic E-state index is 14.0. The first-order valence-corrected chi connectivity index (χ1v) is 14.4. The number of methoxy groups -OCH3 is 1. The standard InChI is InChI=1S/C33H30N6O4/c1-43-26-18-9-8-17-25(26)38-32(41)29-31(33(38)42)37(36-34-29)20-27(40)39-30(22-13-6-3-7-14-22)24-16-10-15-23(28(24)35-39)19-21-11-4-2-5-12-21/h2-9,11-14,17-19,24,29-31H,10,15-16,20H2,1H3/b23-19-. The number of fused-ring (bicyclic) bond motifs is 2. The van der Waals surface area contributed by atoms with Gasteiger partial charge in [0.15, 0.2) is 12.1 Å². The maximum absolute atomic E-state index is 14.0. The number of para-hydroxylation sites is 2. The quantitative estimate of drug-likeness (QED) is 0.393. The number of hydrogen-bond acceptors (Lipinski definition) is 8. The van der Waals surface area contributed by atoms with Crippen LogP contribution in [0.2, 0.25) is 0 Å². The van der Waals surface area contributed by atoms with Crippen LogP contribution in [0, 0.1) is 5.92 Å². The Morgan fingerprint density at radius 3 is 2.42 bits per heavy atom. The minimum atomic E-state index is -1.02. The number of ether oxygens (including phenoxy) is 1. The molecule has 0 aromatic heterocycles. The summed E-state index contributed by atoms with van der Waals surface area (Å²) in [5, 5.41) is 16.1. The van der Waals surface area contributed by atoms with E-state index >= 15 is 0 Å². The zero-order valence-corrected chi connectivity index (χ0v) is 23.6. The van der Waals surface area contributed by atoms with Gasteiger partial charge in [-0.05, 0) is 54.2 Å². The van der Waals surface area contributed by atoms with Crippen LogP contribution in [0.1, 0.15) is 36.4 Å². The molecule has 3 aromatic carbocycles. The van der Waals surface area contributed by atoms with Gasteiger partial charge in [0, 0.05) is 5.92 Å². The number of allylic oxidation sites excluding steroid dienone is 1. The van der Waals surface area contributed by atoms with Crippen LogP contribution in [0.25, 0.3) is 6.08 Å². The van der Waals surface area contributed by atoms with Crippen LogP contribution < -0.4 is 9.64 Å². The van der Waals surface area contributed by atoms with Crippen molar-refractivity contribution in [2.45, 2.75) is 37.4 Å². The van der Waals surface area contributed by atoms with Crippen molar-refractivity contribution in [3.8, 4) is 5.75 Å². The van der Waals surface area contributed by atoms with Gasteiger partial charge < -0.3 is 4.74 Å². The molecule has 3 aliphatic heterocycles. The number of anilines is 1. The molecule has 10 heteroatoms. The first kappa shape index (κ1) is 26.8. The number of hydrogen-bond donors (Lipinski definition) is 0. The Balaban J connectivity index is 1.18. The van der Waals surface area contributed by atoms with Crippen LogP contribution >= 0.6 is 0 Å². The van der Waals surface area contributed by atoms with Gasteiger partial charge in [-0.1, -0.05) is 78.0 Å². The Labute approximate surface area is 248 Å². The molecule has 10 nitrogen and oxygen atoms in total. The third kappa shape index (κ3) is 4.59. The van der Waals surface area contributed by atoms with Crippen LogP contribution in [-0.4, -0.2) is 59.2 Å². The Bertz CT molecular complexity index is 1670. The first-order valence-electron chi connectivity index (χ1n) is 14.4. The second-order valence-electron chi connectivity index (χ2n) is 11.0. The number of benzene rings is 3. The van der Waals surface area contributed by atoms with E-state index in [9.17, 15) is 14.4 Å². The fourth-order valence-corrected chi connectivity index (χ4v) is 6.56. The molecule has 4 aliphatic rings. The normalized spacial score (nSPS) is 25.3. The summed E-state index contributed by atoms with van der Waals surface area (Å²) < 4.78 is 5.39. The number of carbonyl (C=O) groups is 3. The van der Waals surface area contributed by atoms with Crippen LogP contribution in [0.5, 0.6) is 5.75 Å². The van der Waals surface area contributed by atoms with Crippen LogP contribution in [-0.2, 0) is 14.4 Å². The minimum absolute atomic E-state index is 0.0405. The highest BCUT2D eigenvalue weighted by Crippen LogP contribution is 2.45. The summed E-state index contributed by atoms with van der Waals surface area (Å²) in [5.41, 5.74) is 4.48. The molecular weight excluding hydrogens is 544 g/mol. The number of hydrazone groups is 1. The van der Waals surface area contributed by atoms with Gasteiger partial charge in [-0.15, -0.1) is 0 Å². The van der Waals surface area contributed by atoms with Gasteiger partial charge in [-0.2, -0.15) is 10.2 Å². The highest BCUT2D eigenvalue weighted by atomic mass is 16.5. The van der Waals surface area contributed by atoms with Crippen molar-refractivity contribution >= 4 is 35.2 Å². The summed E-state index contributed by atoms with van der Waals surface area (Å²) in [6.07, 6.45) is 4.94. The summed E-state index contributed by atoms with van der Waals surface area (Å²) in [7, 11) is 1.48. The van der Waals surface area contributed by atoms with Crippen molar-refractivity contribution < 1.29 is 19.1 Å². The third-order valence-corrected chi connectivity index (χ3v) is 8.52. The fraction of sp³-hybridized carbons (Fsp3) is 0.273. The van der Waals surface area contributed by atoms with Gasteiger partial charge in [-0.25, -0.2) is 9.91 Å². The maximum Gasteiger partial charge on any atom is 0.264 e. The van der Waals surface area contributed by atoms with Crippen molar-refractivity contribution in [1.82, 2.24) is 10.0 Å². The molecule has 0 radical (unpaired) electrons. The summed E-state index contributed by atoms with van der Waals surface area (Å²) in [4.78, 5) is 42.0. The Kier molecular flexibility index (Phi) is 6.81. The highest BCUT2D eigenvalue weighted by molar-refractivity contribution is 6.26. The summed E-state index contributed by atoms with van der Waals surface area (Å²) in [6, 6.07) is 24.6. The second kappa shape index (κ2) is 10.9. The predicted molar refractivity (Wildman–Crippen MR) is 160 cm³/mol. The lowest BCUT2D eigenvalue weighted by atomic mass is 9.77. The average Bonchev–Trinajstić information content (AvgIpc) is 3.71. The lowest BCUT2D eigenvalue weighted by molar-refractivity contribution is -0.136. The van der Waals surface area contributed by atoms with Crippen LogP contribution in [0.4, 0.5) is 5.69 Å². The SMILES string of the molecule is COc1ccccc1N1C(=O)C2N=NN(CC(=O)N3N=C4/C(=C\c5ccccc5)CCCC4C3c3ccccc3)C2C1=O. The highest BCUT2D eigenvalue weighted by Gasteiger charge is 2.56. The molecule has 1 saturated carbocycles. The van der Waals surface area contributed by atoms with E-state index < -0.39 is 23.9 Å². The molecule has 3 aromatic rings. The van der Waals surface area contributed by atoms with E-state index in [1.165, 1.54) is 12.1 Å². The molecule has 43 heavy (non-hydrogen) atoms. The number of nitrogens with zero attached hydrogens (tertiary/aromatic N) is 6. The second-order valence-corrected chi connectivity index (χ2v) is 11.0. The Morgan fingerprint density at radius 2 is 1.65 bits per heavy atom. The Hall–Kier alpha value is -5.12. The average molecular weight is 575 g/mol. The zero-order chi connectivity index (χ0) is 29.5. The van der Waals surface area contributed by atoms with E-state index in [1.54, 1.807) is 29.3 Å². The molecule has 216 valence electrons. The van der Waals surface area contributed by atoms with E-state index in [0.717, 1.165) is 46.6 Å². The van der Waals surface area contributed by atoms with E-state index in [-0.39, 0.29) is 24.4 Å². The van der Waals surface area contributed by atoms with Gasteiger partial charge >= 0.3 is 0 Å².